The predicted octanol–water partition coefficient (Wildman–Crippen LogP) is 2.56. The molecule has 0 bridgehead atoms. The Labute approximate surface area is 163 Å². The van der Waals surface area contributed by atoms with E-state index in [0.29, 0.717) is 42.2 Å². The molecule has 8 heteroatoms. The number of nitrogens with zero attached hydrogens (tertiary/aromatic N) is 5. The summed E-state index contributed by atoms with van der Waals surface area (Å²) >= 11 is 12.3. The number of carbonyl (C=O) groups excluding carboxylic acids is 1. The molecular weight excluding hydrogens is 373 g/mol. The van der Waals surface area contributed by atoms with Crippen LogP contribution in [0.5, 0.6) is 0 Å². The molecule has 0 saturated carbocycles. The fraction of sp³-hybridized carbons (Fsp3) is 0.389. The maximum Gasteiger partial charge on any atom is 0.236 e. The molecule has 0 aliphatic carbocycles. The van der Waals surface area contributed by atoms with Crippen LogP contribution in [0.25, 0.3) is 0 Å². The lowest BCUT2D eigenvalue weighted by molar-refractivity contribution is -0.132. The molecule has 0 radical (unpaired) electrons. The highest BCUT2D eigenvalue weighted by atomic mass is 35.5. The third kappa shape index (κ3) is 4.63. The SMILES string of the molecule is CN(CC(=O)N1CCN(c2ncccn2)CC1)Cc1cccc(Cl)c1Cl. The number of hydrogen-bond donors (Lipinski definition) is 0. The van der Waals surface area contributed by atoms with Crippen LogP contribution in [0.1, 0.15) is 5.56 Å². The van der Waals surface area contributed by atoms with Gasteiger partial charge in [0.15, 0.2) is 0 Å². The van der Waals surface area contributed by atoms with Crippen LogP contribution < -0.4 is 4.90 Å². The monoisotopic (exact) mass is 393 g/mol. The Kier molecular flexibility index (Phi) is 6.29. The summed E-state index contributed by atoms with van der Waals surface area (Å²) < 4.78 is 0. The van der Waals surface area contributed by atoms with Crippen molar-refractivity contribution >= 4 is 35.1 Å². The van der Waals surface area contributed by atoms with Crippen molar-refractivity contribution in [2.45, 2.75) is 6.54 Å². The van der Waals surface area contributed by atoms with Crippen LogP contribution in [0.4, 0.5) is 5.95 Å². The number of carbonyl (C=O) groups is 1. The van der Waals surface area contributed by atoms with Gasteiger partial charge in [0.2, 0.25) is 11.9 Å². The zero-order valence-corrected chi connectivity index (χ0v) is 16.1. The summed E-state index contributed by atoms with van der Waals surface area (Å²) in [7, 11) is 1.91. The molecule has 0 spiro atoms. The van der Waals surface area contributed by atoms with Gasteiger partial charge in [0, 0.05) is 45.1 Å². The highest BCUT2D eigenvalue weighted by molar-refractivity contribution is 6.42. The van der Waals surface area contributed by atoms with Crippen molar-refractivity contribution in [3.05, 3.63) is 52.3 Å². The molecule has 1 saturated heterocycles. The first-order chi connectivity index (χ1) is 12.5. The van der Waals surface area contributed by atoms with E-state index in [4.69, 9.17) is 23.2 Å². The Hall–Kier alpha value is -1.89. The van der Waals surface area contributed by atoms with Crippen LogP contribution in [-0.2, 0) is 11.3 Å². The van der Waals surface area contributed by atoms with Crippen molar-refractivity contribution in [3.8, 4) is 0 Å². The first kappa shape index (κ1) is 18.9. The van der Waals surface area contributed by atoms with Crippen LogP contribution in [0.2, 0.25) is 10.0 Å². The normalized spacial score (nSPS) is 14.8. The van der Waals surface area contributed by atoms with E-state index in [9.17, 15) is 4.79 Å². The minimum Gasteiger partial charge on any atom is -0.338 e. The standard InChI is InChI=1S/C18H21Cl2N5O/c1-23(12-14-4-2-5-15(19)17(14)20)13-16(26)24-8-10-25(11-9-24)18-21-6-3-7-22-18/h2-7H,8-13H2,1H3. The summed E-state index contributed by atoms with van der Waals surface area (Å²) in [6, 6.07) is 7.34. The lowest BCUT2D eigenvalue weighted by Crippen LogP contribution is -2.51. The summed E-state index contributed by atoms with van der Waals surface area (Å²) in [4.78, 5) is 27.0. The third-order valence-electron chi connectivity index (χ3n) is 4.34. The largest absolute Gasteiger partial charge is 0.338 e. The highest BCUT2D eigenvalue weighted by Crippen LogP contribution is 2.26. The first-order valence-electron chi connectivity index (χ1n) is 8.46. The quantitative estimate of drug-likeness (QED) is 0.780. The molecule has 1 amide bonds. The van der Waals surface area contributed by atoms with Gasteiger partial charge < -0.3 is 9.80 Å². The van der Waals surface area contributed by atoms with Crippen molar-refractivity contribution in [1.29, 1.82) is 0 Å². The number of aromatic nitrogens is 2. The Balaban J connectivity index is 1.50. The number of likely N-dealkylation sites (N-methyl/N-ethyl adjacent to an activating group) is 1. The lowest BCUT2D eigenvalue weighted by Gasteiger charge is -2.35. The van der Waals surface area contributed by atoms with Crippen molar-refractivity contribution in [2.24, 2.45) is 0 Å². The van der Waals surface area contributed by atoms with Crippen molar-refractivity contribution in [2.75, 3.05) is 44.7 Å². The van der Waals surface area contributed by atoms with Crippen molar-refractivity contribution in [3.63, 3.8) is 0 Å². The topological polar surface area (TPSA) is 52.6 Å². The zero-order valence-electron chi connectivity index (χ0n) is 14.6. The van der Waals surface area contributed by atoms with Gasteiger partial charge in [-0.25, -0.2) is 9.97 Å². The second-order valence-electron chi connectivity index (χ2n) is 6.30. The van der Waals surface area contributed by atoms with Crippen LogP contribution in [0.15, 0.2) is 36.7 Å². The molecule has 1 fully saturated rings. The number of rotatable bonds is 5. The Morgan fingerprint density at radius 1 is 1.12 bits per heavy atom. The van der Waals surface area contributed by atoms with Gasteiger partial charge in [-0.2, -0.15) is 0 Å². The number of benzene rings is 1. The van der Waals surface area contributed by atoms with Crippen LogP contribution in [-0.4, -0.2) is 65.4 Å². The molecular formula is C18H21Cl2N5O. The summed E-state index contributed by atoms with van der Waals surface area (Å²) in [5.74, 6) is 0.826. The fourth-order valence-electron chi connectivity index (χ4n) is 2.96. The van der Waals surface area contributed by atoms with Crippen LogP contribution in [0, 0.1) is 0 Å². The lowest BCUT2D eigenvalue weighted by atomic mass is 10.2. The van der Waals surface area contributed by atoms with Gasteiger partial charge in [0.25, 0.3) is 0 Å². The van der Waals surface area contributed by atoms with Crippen molar-refractivity contribution in [1.82, 2.24) is 19.8 Å². The number of hydrogen-bond acceptors (Lipinski definition) is 5. The van der Waals surface area contributed by atoms with Gasteiger partial charge in [-0.1, -0.05) is 35.3 Å². The molecule has 26 heavy (non-hydrogen) atoms. The molecule has 2 heterocycles. The minimum absolute atomic E-state index is 0.110. The van der Waals surface area contributed by atoms with Gasteiger partial charge in [-0.15, -0.1) is 0 Å². The number of halogens is 2. The van der Waals surface area contributed by atoms with E-state index >= 15 is 0 Å². The molecule has 0 N–H and O–H groups in total. The van der Waals surface area contributed by atoms with Crippen molar-refractivity contribution < 1.29 is 4.79 Å². The van der Waals surface area contributed by atoms with E-state index in [1.54, 1.807) is 24.5 Å². The van der Waals surface area contributed by atoms with E-state index < -0.39 is 0 Å². The zero-order chi connectivity index (χ0) is 18.5. The van der Waals surface area contributed by atoms with Gasteiger partial charge in [0.1, 0.15) is 0 Å². The number of piperazine rings is 1. The maximum absolute atomic E-state index is 12.6. The average molecular weight is 394 g/mol. The van der Waals surface area contributed by atoms with E-state index in [2.05, 4.69) is 14.9 Å². The molecule has 1 aromatic heterocycles. The molecule has 2 aromatic rings. The molecule has 6 nitrogen and oxygen atoms in total. The first-order valence-corrected chi connectivity index (χ1v) is 9.21. The van der Waals surface area contributed by atoms with Gasteiger partial charge >= 0.3 is 0 Å². The van der Waals surface area contributed by atoms with Gasteiger partial charge in [0.05, 0.1) is 16.6 Å². The minimum atomic E-state index is 0.110. The molecule has 1 aliphatic heterocycles. The smallest absolute Gasteiger partial charge is 0.236 e. The van der Waals surface area contributed by atoms with Gasteiger partial charge in [-0.3, -0.25) is 9.69 Å². The molecule has 1 aromatic carbocycles. The Morgan fingerprint density at radius 3 is 2.50 bits per heavy atom. The molecule has 0 atom stereocenters. The van der Waals surface area contributed by atoms with E-state index in [-0.39, 0.29) is 5.91 Å². The predicted molar refractivity (Wildman–Crippen MR) is 104 cm³/mol. The van der Waals surface area contributed by atoms with E-state index in [0.717, 1.165) is 18.7 Å². The fourth-order valence-corrected chi connectivity index (χ4v) is 3.34. The van der Waals surface area contributed by atoms with Gasteiger partial charge in [-0.05, 0) is 24.7 Å². The summed E-state index contributed by atoms with van der Waals surface area (Å²) in [6.45, 7) is 3.72. The molecule has 0 unspecified atom stereocenters. The number of amides is 1. The molecule has 1 aliphatic rings. The Morgan fingerprint density at radius 2 is 1.81 bits per heavy atom. The second-order valence-corrected chi connectivity index (χ2v) is 7.09. The third-order valence-corrected chi connectivity index (χ3v) is 5.20. The average Bonchev–Trinajstić information content (AvgIpc) is 2.66. The van der Waals surface area contributed by atoms with Crippen LogP contribution >= 0.6 is 23.2 Å². The molecule has 3 rings (SSSR count). The van der Waals surface area contributed by atoms with Crippen LogP contribution in [0.3, 0.4) is 0 Å². The van der Waals surface area contributed by atoms with E-state index in [1.165, 1.54) is 0 Å². The highest BCUT2D eigenvalue weighted by Gasteiger charge is 2.23. The maximum atomic E-state index is 12.6. The van der Waals surface area contributed by atoms with E-state index in [1.807, 2.05) is 29.0 Å². The Bertz CT molecular complexity index is 751. The molecule has 138 valence electrons. The summed E-state index contributed by atoms with van der Waals surface area (Å²) in [5, 5.41) is 1.08. The number of anilines is 1. The second kappa shape index (κ2) is 8.66. The summed E-state index contributed by atoms with van der Waals surface area (Å²) in [5.41, 5.74) is 0.917. The summed E-state index contributed by atoms with van der Waals surface area (Å²) in [6.07, 6.45) is 3.46.